The van der Waals surface area contributed by atoms with E-state index in [0.717, 1.165) is 10.9 Å². The number of carbonyl (C=O) groups is 2. The molecule has 0 spiro atoms. The highest BCUT2D eigenvalue weighted by atomic mass is 35.5. The van der Waals surface area contributed by atoms with E-state index in [-0.39, 0.29) is 25.5 Å². The number of pyridine rings is 1. The number of nitrogens with one attached hydrogen (secondary N) is 1. The van der Waals surface area contributed by atoms with Crippen molar-refractivity contribution >= 4 is 34.4 Å². The molecule has 0 atom stereocenters. The SMILES string of the molecule is CCOC(=O)CNC(=O)c1nc2cc(Cl)ccc2cc1OCc1ccccc1. The Hall–Kier alpha value is -3.12. The van der Waals surface area contributed by atoms with Crippen molar-refractivity contribution in [1.82, 2.24) is 10.3 Å². The minimum Gasteiger partial charge on any atom is -0.486 e. The molecule has 0 radical (unpaired) electrons. The third-order valence-electron chi connectivity index (χ3n) is 3.90. The Morgan fingerprint density at radius 3 is 2.64 bits per heavy atom. The number of nitrogens with zero attached hydrogens (tertiary/aromatic N) is 1. The van der Waals surface area contributed by atoms with Gasteiger partial charge in [0, 0.05) is 10.4 Å². The van der Waals surface area contributed by atoms with Gasteiger partial charge in [-0.2, -0.15) is 0 Å². The van der Waals surface area contributed by atoms with Gasteiger partial charge in [-0.15, -0.1) is 0 Å². The molecule has 0 saturated carbocycles. The number of fused-ring (bicyclic) bond motifs is 1. The molecular weight excluding hydrogens is 380 g/mol. The molecule has 0 bridgehead atoms. The van der Waals surface area contributed by atoms with E-state index in [9.17, 15) is 9.59 Å². The van der Waals surface area contributed by atoms with Crippen molar-refractivity contribution in [1.29, 1.82) is 0 Å². The van der Waals surface area contributed by atoms with Crippen LogP contribution >= 0.6 is 11.6 Å². The van der Waals surface area contributed by atoms with Crippen molar-refractivity contribution in [3.8, 4) is 5.75 Å². The number of esters is 1. The predicted molar refractivity (Wildman–Crippen MR) is 106 cm³/mol. The first kappa shape index (κ1) is 19.6. The fourth-order valence-corrected chi connectivity index (χ4v) is 2.74. The normalized spacial score (nSPS) is 10.5. The summed E-state index contributed by atoms with van der Waals surface area (Å²) in [7, 11) is 0. The van der Waals surface area contributed by atoms with Gasteiger partial charge in [0.05, 0.1) is 12.1 Å². The zero-order valence-electron chi connectivity index (χ0n) is 15.3. The van der Waals surface area contributed by atoms with Crippen LogP contribution in [-0.2, 0) is 16.1 Å². The van der Waals surface area contributed by atoms with Gasteiger partial charge >= 0.3 is 5.97 Å². The molecule has 0 saturated heterocycles. The average molecular weight is 399 g/mol. The number of hydrogen-bond acceptors (Lipinski definition) is 5. The molecule has 1 aromatic heterocycles. The predicted octanol–water partition coefficient (Wildman–Crippen LogP) is 3.76. The van der Waals surface area contributed by atoms with E-state index in [1.54, 1.807) is 31.2 Å². The van der Waals surface area contributed by atoms with Gasteiger partial charge in [0.1, 0.15) is 13.2 Å². The molecule has 3 rings (SSSR count). The third-order valence-corrected chi connectivity index (χ3v) is 4.13. The van der Waals surface area contributed by atoms with Crippen LogP contribution in [0.5, 0.6) is 5.75 Å². The van der Waals surface area contributed by atoms with Gasteiger partial charge in [-0.1, -0.05) is 48.0 Å². The first-order chi connectivity index (χ1) is 13.6. The first-order valence-corrected chi connectivity index (χ1v) is 9.15. The molecule has 1 amide bonds. The second-order valence-corrected chi connectivity index (χ2v) is 6.37. The molecule has 0 aliphatic carbocycles. The monoisotopic (exact) mass is 398 g/mol. The Kier molecular flexibility index (Phi) is 6.45. The van der Waals surface area contributed by atoms with Gasteiger partial charge in [-0.25, -0.2) is 4.98 Å². The van der Waals surface area contributed by atoms with Crippen molar-refractivity contribution in [2.75, 3.05) is 13.2 Å². The van der Waals surface area contributed by atoms with Gasteiger partial charge in [-0.3, -0.25) is 9.59 Å². The number of amides is 1. The summed E-state index contributed by atoms with van der Waals surface area (Å²) in [5, 5.41) is 3.81. The lowest BCUT2D eigenvalue weighted by Gasteiger charge is -2.13. The number of benzene rings is 2. The summed E-state index contributed by atoms with van der Waals surface area (Å²) >= 11 is 6.04. The fraction of sp³-hybridized carbons (Fsp3) is 0.190. The molecule has 0 fully saturated rings. The summed E-state index contributed by atoms with van der Waals surface area (Å²) < 4.78 is 10.7. The number of rotatable bonds is 7. The van der Waals surface area contributed by atoms with Crippen molar-refractivity contribution < 1.29 is 19.1 Å². The minimum atomic E-state index is -0.530. The van der Waals surface area contributed by atoms with Crippen molar-refractivity contribution in [2.24, 2.45) is 0 Å². The molecule has 3 aromatic rings. The van der Waals surface area contributed by atoms with E-state index < -0.39 is 11.9 Å². The number of halogens is 1. The van der Waals surface area contributed by atoms with Crippen LogP contribution in [0.4, 0.5) is 0 Å². The summed E-state index contributed by atoms with van der Waals surface area (Å²) in [4.78, 5) is 28.5. The van der Waals surface area contributed by atoms with E-state index in [4.69, 9.17) is 21.1 Å². The van der Waals surface area contributed by atoms with Crippen LogP contribution in [0.1, 0.15) is 23.0 Å². The molecule has 2 aromatic carbocycles. The summed E-state index contributed by atoms with van der Waals surface area (Å²) in [6.45, 7) is 1.97. The standard InChI is InChI=1S/C21H19ClN2O4/c1-2-27-19(25)12-23-21(26)20-18(28-13-14-6-4-3-5-7-14)10-15-8-9-16(22)11-17(15)24-20/h3-11H,2,12-13H2,1H3,(H,23,26). The maximum absolute atomic E-state index is 12.6. The molecule has 1 N–H and O–H groups in total. The number of carbonyl (C=O) groups excluding carboxylic acids is 2. The minimum absolute atomic E-state index is 0.0787. The third kappa shape index (κ3) is 4.98. The second-order valence-electron chi connectivity index (χ2n) is 5.93. The highest BCUT2D eigenvalue weighted by Crippen LogP contribution is 2.26. The summed E-state index contributed by atoms with van der Waals surface area (Å²) in [5.74, 6) is -0.732. The topological polar surface area (TPSA) is 77.5 Å². The van der Waals surface area contributed by atoms with Crippen molar-refractivity contribution in [2.45, 2.75) is 13.5 Å². The van der Waals surface area contributed by atoms with Crippen LogP contribution in [0.3, 0.4) is 0 Å². The summed E-state index contributed by atoms with van der Waals surface area (Å²) in [5.41, 5.74) is 1.59. The molecule has 1 heterocycles. The lowest BCUT2D eigenvalue weighted by atomic mass is 10.1. The molecule has 144 valence electrons. The number of ether oxygens (including phenoxy) is 2. The molecule has 0 aliphatic rings. The van der Waals surface area contributed by atoms with E-state index in [1.807, 2.05) is 30.3 Å². The first-order valence-electron chi connectivity index (χ1n) is 8.77. The Morgan fingerprint density at radius 1 is 1.11 bits per heavy atom. The van der Waals surface area contributed by atoms with Crippen LogP contribution in [0.15, 0.2) is 54.6 Å². The van der Waals surface area contributed by atoms with Crippen LogP contribution in [0.25, 0.3) is 10.9 Å². The molecular formula is C21H19ClN2O4. The van der Waals surface area contributed by atoms with Crippen LogP contribution in [0, 0.1) is 0 Å². The Labute approximate surface area is 167 Å². The van der Waals surface area contributed by atoms with Crippen molar-refractivity contribution in [3.05, 3.63) is 70.9 Å². The molecule has 28 heavy (non-hydrogen) atoms. The Bertz CT molecular complexity index is 992. The smallest absolute Gasteiger partial charge is 0.325 e. The zero-order valence-corrected chi connectivity index (χ0v) is 16.0. The number of aromatic nitrogens is 1. The lowest BCUT2D eigenvalue weighted by molar-refractivity contribution is -0.141. The second kappa shape index (κ2) is 9.19. The van der Waals surface area contributed by atoms with Crippen LogP contribution in [0.2, 0.25) is 5.02 Å². The van der Waals surface area contributed by atoms with Crippen LogP contribution < -0.4 is 10.1 Å². The van der Waals surface area contributed by atoms with Crippen molar-refractivity contribution in [3.63, 3.8) is 0 Å². The van der Waals surface area contributed by atoms with Gasteiger partial charge in [0.15, 0.2) is 11.4 Å². The number of hydrogen-bond donors (Lipinski definition) is 1. The van der Waals surface area contributed by atoms with E-state index in [1.165, 1.54) is 0 Å². The van der Waals surface area contributed by atoms with Gasteiger partial charge in [-0.05, 0) is 30.7 Å². The lowest BCUT2D eigenvalue weighted by Crippen LogP contribution is -2.31. The highest BCUT2D eigenvalue weighted by molar-refractivity contribution is 6.31. The van der Waals surface area contributed by atoms with Gasteiger partial charge in [0.2, 0.25) is 0 Å². The summed E-state index contributed by atoms with van der Waals surface area (Å²) in [6.07, 6.45) is 0. The summed E-state index contributed by atoms with van der Waals surface area (Å²) in [6, 6.07) is 16.5. The van der Waals surface area contributed by atoms with E-state index in [2.05, 4.69) is 10.3 Å². The Balaban J connectivity index is 1.88. The molecule has 0 aliphatic heterocycles. The van der Waals surface area contributed by atoms with Gasteiger partial charge in [0.25, 0.3) is 5.91 Å². The maximum atomic E-state index is 12.6. The van der Waals surface area contributed by atoms with Gasteiger partial charge < -0.3 is 14.8 Å². The van der Waals surface area contributed by atoms with Crippen LogP contribution in [-0.4, -0.2) is 30.0 Å². The van der Waals surface area contributed by atoms with E-state index >= 15 is 0 Å². The quantitative estimate of drug-likeness (QED) is 0.613. The highest BCUT2D eigenvalue weighted by Gasteiger charge is 2.18. The zero-order chi connectivity index (χ0) is 19.9. The fourth-order valence-electron chi connectivity index (χ4n) is 2.58. The average Bonchev–Trinajstić information content (AvgIpc) is 2.71. The molecule has 0 unspecified atom stereocenters. The largest absolute Gasteiger partial charge is 0.486 e. The molecule has 7 heteroatoms. The molecule has 6 nitrogen and oxygen atoms in total. The Morgan fingerprint density at radius 2 is 1.89 bits per heavy atom. The maximum Gasteiger partial charge on any atom is 0.325 e. The van der Waals surface area contributed by atoms with E-state index in [0.29, 0.717) is 16.3 Å².